The molecule has 4 atom stereocenters. The molecule has 1 nitrogen and oxygen atoms in total. The molecule has 0 bridgehead atoms. The normalized spacial score (nSPS) is 50.1. The molecular formula is C11H19OPS2. The van der Waals surface area contributed by atoms with E-state index in [1.165, 1.54) is 18.4 Å². The minimum Gasteiger partial charge on any atom is -0.334 e. The quantitative estimate of drug-likeness (QED) is 0.518. The molecule has 1 aliphatic carbocycles. The Morgan fingerprint density at radius 1 is 1.67 bits per heavy atom. The van der Waals surface area contributed by atoms with Crippen LogP contribution in [0, 0.1) is 5.92 Å². The summed E-state index contributed by atoms with van der Waals surface area (Å²) in [7, 11) is 0. The molecule has 0 spiro atoms. The molecule has 1 unspecified atom stereocenters. The first-order chi connectivity index (χ1) is 6.82. The second-order valence-corrected chi connectivity index (χ2v) is 13.1. The summed E-state index contributed by atoms with van der Waals surface area (Å²) in [5.74, 6) is 0.687. The van der Waals surface area contributed by atoms with E-state index in [0.717, 1.165) is 6.42 Å². The Morgan fingerprint density at radius 2 is 2.33 bits per heavy atom. The third-order valence-electron chi connectivity index (χ3n) is 3.56. The highest BCUT2D eigenvalue weighted by Crippen LogP contribution is 2.72. The number of fused-ring (bicyclic) bond motifs is 1. The third kappa shape index (κ3) is 2.36. The van der Waals surface area contributed by atoms with Crippen LogP contribution in [0.5, 0.6) is 0 Å². The summed E-state index contributed by atoms with van der Waals surface area (Å²) in [5.41, 5.74) is -0.166. The molecule has 0 aromatic heterocycles. The summed E-state index contributed by atoms with van der Waals surface area (Å²) in [6.07, 6.45) is 3.58. The van der Waals surface area contributed by atoms with Gasteiger partial charge in [-0.05, 0) is 45.7 Å². The average Bonchev–Trinajstić information content (AvgIpc) is 2.31. The van der Waals surface area contributed by atoms with Crippen LogP contribution in [0.25, 0.3) is 0 Å². The maximum absolute atomic E-state index is 6.13. The van der Waals surface area contributed by atoms with Crippen LogP contribution >= 0.6 is 16.8 Å². The lowest BCUT2D eigenvalue weighted by molar-refractivity contribution is 0.0678. The highest BCUT2D eigenvalue weighted by Gasteiger charge is 2.50. The highest BCUT2D eigenvalue weighted by molar-refractivity contribution is 8.69. The van der Waals surface area contributed by atoms with Gasteiger partial charge in [-0.2, -0.15) is 0 Å². The Kier molecular flexibility index (Phi) is 3.14. The largest absolute Gasteiger partial charge is 0.334 e. The zero-order valence-electron chi connectivity index (χ0n) is 9.66. The molecule has 86 valence electrons. The molecule has 4 heteroatoms. The monoisotopic (exact) mass is 262 g/mol. The summed E-state index contributed by atoms with van der Waals surface area (Å²) in [6, 6.07) is 0. The maximum Gasteiger partial charge on any atom is 0.117 e. The molecule has 0 amide bonds. The molecule has 15 heavy (non-hydrogen) atoms. The zero-order valence-corrected chi connectivity index (χ0v) is 12.2. The Labute approximate surface area is 102 Å². The second-order valence-electron chi connectivity index (χ2n) is 5.09. The lowest BCUT2D eigenvalue weighted by Crippen LogP contribution is -2.40. The van der Waals surface area contributed by atoms with E-state index in [0.29, 0.717) is 11.2 Å². The number of rotatable bonds is 1. The molecule has 2 rings (SSSR count). The van der Waals surface area contributed by atoms with Crippen LogP contribution in [-0.2, 0) is 16.3 Å². The molecule has 0 aromatic carbocycles. The maximum atomic E-state index is 6.13. The molecule has 1 heterocycles. The summed E-state index contributed by atoms with van der Waals surface area (Å²) < 4.78 is 6.13. The summed E-state index contributed by atoms with van der Waals surface area (Å²) >= 11 is 7.46. The summed E-state index contributed by atoms with van der Waals surface area (Å²) in [5, 5.41) is 0.601. The van der Waals surface area contributed by atoms with Crippen LogP contribution < -0.4 is 0 Å². The van der Waals surface area contributed by atoms with E-state index in [4.69, 9.17) is 16.3 Å². The Bertz CT molecular complexity index is 341. The first-order valence-corrected chi connectivity index (χ1v) is 10.1. The molecule has 1 aliphatic heterocycles. The molecule has 2 fully saturated rings. The minimum atomic E-state index is -1.55. The van der Waals surface area contributed by atoms with E-state index in [2.05, 4.69) is 27.1 Å². The smallest absolute Gasteiger partial charge is 0.117 e. The van der Waals surface area contributed by atoms with E-state index in [-0.39, 0.29) is 5.60 Å². The molecule has 1 saturated heterocycles. The molecule has 0 N–H and O–H groups in total. The van der Waals surface area contributed by atoms with Gasteiger partial charge in [0.1, 0.15) is 5.47 Å². The molecule has 0 aromatic rings. The van der Waals surface area contributed by atoms with Crippen LogP contribution in [0.1, 0.15) is 33.1 Å². The third-order valence-corrected chi connectivity index (χ3v) is 8.77. The number of hydrogen-bond donors (Lipinski definition) is 0. The van der Waals surface area contributed by atoms with E-state index in [1.54, 1.807) is 0 Å². The Hall–Kier alpha value is 0.700. The van der Waals surface area contributed by atoms with Crippen molar-refractivity contribution in [1.82, 2.24) is 0 Å². The SMILES string of the molecule is C=C(C)[C@H]1CC[C@@]2(C)OP(C)(=S)S[C@@H]2C1. The van der Waals surface area contributed by atoms with Gasteiger partial charge in [-0.3, -0.25) is 0 Å². The van der Waals surface area contributed by atoms with E-state index < -0.39 is 5.47 Å². The van der Waals surface area contributed by atoms with Gasteiger partial charge in [-0.25, -0.2) is 0 Å². The van der Waals surface area contributed by atoms with Crippen molar-refractivity contribution in [2.24, 2.45) is 5.92 Å². The van der Waals surface area contributed by atoms with Crippen molar-refractivity contribution in [3.63, 3.8) is 0 Å². The highest BCUT2D eigenvalue weighted by atomic mass is 32.9. The van der Waals surface area contributed by atoms with Crippen molar-refractivity contribution in [1.29, 1.82) is 0 Å². The predicted molar refractivity (Wildman–Crippen MR) is 73.2 cm³/mol. The van der Waals surface area contributed by atoms with Crippen molar-refractivity contribution in [2.75, 3.05) is 6.66 Å². The number of hydrogen-bond acceptors (Lipinski definition) is 3. The van der Waals surface area contributed by atoms with Gasteiger partial charge in [0.15, 0.2) is 0 Å². The van der Waals surface area contributed by atoms with Crippen molar-refractivity contribution >= 4 is 28.7 Å². The fraction of sp³-hybridized carbons (Fsp3) is 0.818. The average molecular weight is 262 g/mol. The van der Waals surface area contributed by atoms with Crippen LogP contribution in [0.15, 0.2) is 12.2 Å². The minimum absolute atomic E-state index is 0.0564. The fourth-order valence-electron chi connectivity index (χ4n) is 2.59. The molecule has 0 radical (unpaired) electrons. The lowest BCUT2D eigenvalue weighted by Gasteiger charge is -2.37. The molecule has 1 saturated carbocycles. The van der Waals surface area contributed by atoms with E-state index >= 15 is 0 Å². The first kappa shape index (κ1) is 12.2. The molecule has 2 aliphatic rings. The van der Waals surface area contributed by atoms with Crippen molar-refractivity contribution < 1.29 is 4.52 Å². The second kappa shape index (κ2) is 3.87. The van der Waals surface area contributed by atoms with Gasteiger partial charge in [-0.1, -0.05) is 35.3 Å². The summed E-state index contributed by atoms with van der Waals surface area (Å²) in [6.45, 7) is 10.6. The van der Waals surface area contributed by atoms with Crippen molar-refractivity contribution in [3.8, 4) is 0 Å². The van der Waals surface area contributed by atoms with Gasteiger partial charge in [0.25, 0.3) is 0 Å². The zero-order chi connectivity index (χ0) is 11.3. The van der Waals surface area contributed by atoms with Gasteiger partial charge in [-0.15, -0.1) is 0 Å². The van der Waals surface area contributed by atoms with E-state index in [9.17, 15) is 0 Å². The van der Waals surface area contributed by atoms with Crippen LogP contribution in [0.3, 0.4) is 0 Å². The first-order valence-electron chi connectivity index (χ1n) is 5.44. The van der Waals surface area contributed by atoms with Crippen LogP contribution in [0.4, 0.5) is 0 Å². The fourth-order valence-corrected chi connectivity index (χ4v) is 9.25. The number of allylic oxidation sites excluding steroid dienone is 1. The van der Waals surface area contributed by atoms with Crippen LogP contribution in [-0.4, -0.2) is 17.5 Å². The van der Waals surface area contributed by atoms with Gasteiger partial charge < -0.3 is 4.52 Å². The lowest BCUT2D eigenvalue weighted by atomic mass is 9.77. The standard InChI is InChI=1S/C11H19OPS2/c1-8(2)9-5-6-11(3)10(7-9)15-13(4,14)12-11/h9-10H,1,5-7H2,2-4H3/t9-,10+,11+,13?/m0/s1. The topological polar surface area (TPSA) is 9.23 Å². The Morgan fingerprint density at radius 3 is 2.93 bits per heavy atom. The van der Waals surface area contributed by atoms with Crippen molar-refractivity contribution in [3.05, 3.63) is 12.2 Å². The predicted octanol–water partition coefficient (Wildman–Crippen LogP) is 4.19. The van der Waals surface area contributed by atoms with E-state index in [1.807, 2.05) is 11.4 Å². The Balaban J connectivity index is 2.16. The van der Waals surface area contributed by atoms with Gasteiger partial charge in [0.2, 0.25) is 0 Å². The van der Waals surface area contributed by atoms with Gasteiger partial charge in [0.05, 0.1) is 5.60 Å². The van der Waals surface area contributed by atoms with Crippen molar-refractivity contribution in [2.45, 2.75) is 44.0 Å². The van der Waals surface area contributed by atoms with Gasteiger partial charge in [0, 0.05) is 5.25 Å². The van der Waals surface area contributed by atoms with Crippen LogP contribution in [0.2, 0.25) is 0 Å². The molecular weight excluding hydrogens is 243 g/mol. The van der Waals surface area contributed by atoms with Gasteiger partial charge >= 0.3 is 0 Å². The summed E-state index contributed by atoms with van der Waals surface area (Å²) in [4.78, 5) is 0.